The minimum atomic E-state index is -0.748. The first kappa shape index (κ1) is 19.6. The minimum Gasteiger partial charge on any atom is -0.368 e. The number of piperidine rings is 2. The van der Waals surface area contributed by atoms with Crippen molar-refractivity contribution in [1.29, 1.82) is 0 Å². The SMILES string of the molecule is CCCN1CCC2(CC1)NC(=O)N([C@H]1CCCN(C(=O)[C@H]3CCCO3)C1)C2=O. The van der Waals surface area contributed by atoms with Crippen molar-refractivity contribution < 1.29 is 19.1 Å². The van der Waals surface area contributed by atoms with Crippen molar-refractivity contribution in [1.82, 2.24) is 20.0 Å². The van der Waals surface area contributed by atoms with Crippen LogP contribution in [0.2, 0.25) is 0 Å². The van der Waals surface area contributed by atoms with E-state index >= 15 is 0 Å². The Kier molecular flexibility index (Phi) is 5.60. The Morgan fingerprint density at radius 3 is 2.64 bits per heavy atom. The molecule has 0 aromatic heterocycles. The van der Waals surface area contributed by atoms with E-state index in [0.29, 0.717) is 32.5 Å². The molecule has 4 fully saturated rings. The summed E-state index contributed by atoms with van der Waals surface area (Å²) < 4.78 is 5.54. The fraction of sp³-hybridized carbons (Fsp3) is 0.850. The van der Waals surface area contributed by atoms with Gasteiger partial charge in [0.05, 0.1) is 6.04 Å². The molecule has 0 aromatic carbocycles. The zero-order valence-corrected chi connectivity index (χ0v) is 16.8. The molecular formula is C20H32N4O4. The smallest absolute Gasteiger partial charge is 0.325 e. The van der Waals surface area contributed by atoms with Gasteiger partial charge in [-0.1, -0.05) is 6.92 Å². The standard InChI is InChI=1S/C20H32N4O4/c1-2-9-22-11-7-20(8-12-22)18(26)24(19(27)21-20)15-5-3-10-23(14-15)17(25)16-6-4-13-28-16/h15-16H,2-14H2,1H3,(H,21,27)/t15-,16+/m0/s1. The second-order valence-corrected chi connectivity index (χ2v) is 8.61. The maximum atomic E-state index is 13.3. The molecule has 4 aliphatic heterocycles. The van der Waals surface area contributed by atoms with E-state index in [-0.39, 0.29) is 30.0 Å². The Morgan fingerprint density at radius 2 is 1.96 bits per heavy atom. The van der Waals surface area contributed by atoms with E-state index in [1.807, 2.05) is 0 Å². The molecule has 0 unspecified atom stereocenters. The summed E-state index contributed by atoms with van der Waals surface area (Å²) in [6.07, 6.45) is 5.31. The highest BCUT2D eigenvalue weighted by Gasteiger charge is 2.54. The number of carbonyl (C=O) groups is 3. The number of urea groups is 1. The lowest BCUT2D eigenvalue weighted by atomic mass is 9.87. The third kappa shape index (κ3) is 3.52. The van der Waals surface area contributed by atoms with Crippen molar-refractivity contribution in [3.63, 3.8) is 0 Å². The van der Waals surface area contributed by atoms with Crippen LogP contribution in [0.5, 0.6) is 0 Å². The summed E-state index contributed by atoms with van der Waals surface area (Å²) in [7, 11) is 0. The lowest BCUT2D eigenvalue weighted by Gasteiger charge is -2.39. The lowest BCUT2D eigenvalue weighted by Crippen LogP contribution is -2.57. The third-order valence-electron chi connectivity index (χ3n) is 6.72. The van der Waals surface area contributed by atoms with Crippen molar-refractivity contribution in [3.8, 4) is 0 Å². The van der Waals surface area contributed by atoms with Crippen LogP contribution in [0.15, 0.2) is 0 Å². The fourth-order valence-corrected chi connectivity index (χ4v) is 5.13. The second kappa shape index (κ2) is 7.99. The van der Waals surface area contributed by atoms with Gasteiger partial charge in [-0.15, -0.1) is 0 Å². The monoisotopic (exact) mass is 392 g/mol. The van der Waals surface area contributed by atoms with Crippen molar-refractivity contribution >= 4 is 17.8 Å². The average Bonchev–Trinajstić information content (AvgIpc) is 3.31. The fourth-order valence-electron chi connectivity index (χ4n) is 5.13. The molecule has 8 nitrogen and oxygen atoms in total. The molecule has 0 saturated carbocycles. The Bertz CT molecular complexity index is 626. The summed E-state index contributed by atoms with van der Waals surface area (Å²) in [5.74, 6) is -0.0816. The number of hydrogen-bond donors (Lipinski definition) is 1. The summed E-state index contributed by atoms with van der Waals surface area (Å²) in [6, 6.07) is -0.523. The topological polar surface area (TPSA) is 82.2 Å². The molecule has 4 aliphatic rings. The first-order chi connectivity index (χ1) is 13.5. The molecule has 0 bridgehead atoms. The molecule has 4 amide bonds. The number of amides is 4. The molecule has 4 rings (SSSR count). The Balaban J connectivity index is 1.41. The van der Waals surface area contributed by atoms with Crippen LogP contribution in [0.25, 0.3) is 0 Å². The van der Waals surface area contributed by atoms with E-state index in [1.165, 1.54) is 4.90 Å². The van der Waals surface area contributed by atoms with E-state index in [9.17, 15) is 14.4 Å². The molecular weight excluding hydrogens is 360 g/mol. The van der Waals surface area contributed by atoms with Gasteiger partial charge in [-0.2, -0.15) is 0 Å². The van der Waals surface area contributed by atoms with Crippen LogP contribution in [0.4, 0.5) is 4.79 Å². The van der Waals surface area contributed by atoms with Crippen LogP contribution < -0.4 is 5.32 Å². The summed E-state index contributed by atoms with van der Waals surface area (Å²) in [6.45, 7) is 6.60. The summed E-state index contributed by atoms with van der Waals surface area (Å²) in [5.41, 5.74) is -0.748. The van der Waals surface area contributed by atoms with Crippen molar-refractivity contribution in [2.24, 2.45) is 0 Å². The zero-order valence-electron chi connectivity index (χ0n) is 16.8. The van der Waals surface area contributed by atoms with Gasteiger partial charge in [0.25, 0.3) is 11.8 Å². The molecule has 1 N–H and O–H groups in total. The largest absolute Gasteiger partial charge is 0.368 e. The highest BCUT2D eigenvalue weighted by atomic mass is 16.5. The van der Waals surface area contributed by atoms with Crippen LogP contribution in [0, 0.1) is 0 Å². The van der Waals surface area contributed by atoms with Gasteiger partial charge in [0.2, 0.25) is 0 Å². The lowest BCUT2D eigenvalue weighted by molar-refractivity contribution is -0.145. The molecule has 8 heteroatoms. The van der Waals surface area contributed by atoms with Gasteiger partial charge in [-0.05, 0) is 51.5 Å². The quantitative estimate of drug-likeness (QED) is 0.721. The summed E-state index contributed by atoms with van der Waals surface area (Å²) in [5, 5.41) is 3.01. The third-order valence-corrected chi connectivity index (χ3v) is 6.72. The van der Waals surface area contributed by atoms with Crippen molar-refractivity contribution in [3.05, 3.63) is 0 Å². The second-order valence-electron chi connectivity index (χ2n) is 8.61. The Morgan fingerprint density at radius 1 is 1.18 bits per heavy atom. The molecule has 0 aromatic rings. The van der Waals surface area contributed by atoms with Crippen LogP contribution in [0.3, 0.4) is 0 Å². The van der Waals surface area contributed by atoms with E-state index in [4.69, 9.17) is 4.74 Å². The average molecular weight is 393 g/mol. The van der Waals surface area contributed by atoms with Crippen LogP contribution in [-0.2, 0) is 14.3 Å². The van der Waals surface area contributed by atoms with Crippen LogP contribution >= 0.6 is 0 Å². The maximum absolute atomic E-state index is 13.3. The predicted molar refractivity (Wildman–Crippen MR) is 103 cm³/mol. The molecule has 0 aliphatic carbocycles. The number of likely N-dealkylation sites (tertiary alicyclic amines) is 2. The van der Waals surface area contributed by atoms with Gasteiger partial charge in [0, 0.05) is 32.8 Å². The van der Waals surface area contributed by atoms with E-state index in [0.717, 1.165) is 51.7 Å². The van der Waals surface area contributed by atoms with Gasteiger partial charge >= 0.3 is 6.03 Å². The van der Waals surface area contributed by atoms with E-state index in [1.54, 1.807) is 4.90 Å². The highest BCUT2D eigenvalue weighted by molar-refractivity contribution is 6.07. The minimum absolute atomic E-state index is 0.0110. The number of rotatable bonds is 4. The Hall–Kier alpha value is -1.67. The first-order valence-electron chi connectivity index (χ1n) is 10.8. The predicted octanol–water partition coefficient (Wildman–Crippen LogP) is 0.953. The molecule has 156 valence electrons. The number of nitrogens with zero attached hydrogens (tertiary/aromatic N) is 3. The summed E-state index contributed by atoms with van der Waals surface area (Å²) in [4.78, 5) is 44.3. The van der Waals surface area contributed by atoms with Crippen LogP contribution in [0.1, 0.15) is 51.9 Å². The van der Waals surface area contributed by atoms with Gasteiger partial charge in [0.1, 0.15) is 11.6 Å². The molecule has 28 heavy (non-hydrogen) atoms. The molecule has 4 saturated heterocycles. The Labute approximate surface area is 166 Å². The molecule has 2 atom stereocenters. The van der Waals surface area contributed by atoms with Crippen molar-refractivity contribution in [2.45, 2.75) is 69.6 Å². The van der Waals surface area contributed by atoms with Crippen molar-refractivity contribution in [2.75, 3.05) is 39.3 Å². The van der Waals surface area contributed by atoms with E-state index in [2.05, 4.69) is 17.1 Å². The van der Waals surface area contributed by atoms with E-state index < -0.39 is 5.54 Å². The number of hydrogen-bond acceptors (Lipinski definition) is 5. The number of imide groups is 1. The molecule has 0 radical (unpaired) electrons. The molecule has 4 heterocycles. The van der Waals surface area contributed by atoms with Gasteiger partial charge in [-0.3, -0.25) is 14.5 Å². The zero-order chi connectivity index (χ0) is 19.7. The van der Waals surface area contributed by atoms with Gasteiger partial charge < -0.3 is 19.9 Å². The normalized spacial score (nSPS) is 30.9. The molecule has 1 spiro atoms. The summed E-state index contributed by atoms with van der Waals surface area (Å²) >= 11 is 0. The van der Waals surface area contributed by atoms with Gasteiger partial charge in [-0.25, -0.2) is 4.79 Å². The van der Waals surface area contributed by atoms with Gasteiger partial charge in [0.15, 0.2) is 0 Å². The number of ether oxygens (including phenoxy) is 1. The number of nitrogens with one attached hydrogen (secondary N) is 1. The first-order valence-corrected chi connectivity index (χ1v) is 10.8. The number of carbonyl (C=O) groups excluding carboxylic acids is 3. The highest BCUT2D eigenvalue weighted by Crippen LogP contribution is 2.32. The van der Waals surface area contributed by atoms with Crippen LogP contribution in [-0.4, -0.2) is 89.6 Å². The maximum Gasteiger partial charge on any atom is 0.325 e.